The number of rotatable bonds is 3. The molecule has 3 aliphatic rings. The van der Waals surface area contributed by atoms with Crippen LogP contribution in [0.25, 0.3) is 11.0 Å². The van der Waals surface area contributed by atoms with E-state index in [1.807, 2.05) is 9.47 Å². The van der Waals surface area contributed by atoms with Crippen molar-refractivity contribution in [3.05, 3.63) is 35.3 Å². The van der Waals surface area contributed by atoms with Gasteiger partial charge in [-0.15, -0.1) is 0 Å². The number of anilines is 2. The molecule has 0 bridgehead atoms. The van der Waals surface area contributed by atoms with Crippen LogP contribution in [0.4, 0.5) is 24.9 Å². The maximum Gasteiger partial charge on any atom is 0.417 e. The van der Waals surface area contributed by atoms with Gasteiger partial charge in [-0.3, -0.25) is 4.21 Å². The molecule has 6 heterocycles. The van der Waals surface area contributed by atoms with Gasteiger partial charge < -0.3 is 19.5 Å². The van der Waals surface area contributed by atoms with Gasteiger partial charge in [-0.25, -0.2) is 9.97 Å². The Morgan fingerprint density at radius 2 is 1.97 bits per heavy atom. The fourth-order valence-electron chi connectivity index (χ4n) is 4.86. The van der Waals surface area contributed by atoms with Crippen molar-refractivity contribution in [2.75, 3.05) is 35.7 Å². The first kappa shape index (κ1) is 21.8. The number of ether oxygens (including phenoxy) is 1. The Morgan fingerprint density at radius 1 is 1.15 bits per heavy atom. The Hall–Kier alpha value is -2.73. The third-order valence-electron chi connectivity index (χ3n) is 6.61. The number of nitrogens with one attached hydrogen (secondary N) is 1. The largest absolute Gasteiger partial charge is 0.417 e. The molecule has 1 atom stereocenters. The molecular formula is C22H23F3N6O2S. The Morgan fingerprint density at radius 3 is 2.76 bits per heavy atom. The highest BCUT2D eigenvalue weighted by Gasteiger charge is 2.33. The van der Waals surface area contributed by atoms with Crippen LogP contribution in [0.5, 0.6) is 0 Å². The lowest BCUT2D eigenvalue weighted by molar-refractivity contribution is -0.137. The number of nitrogens with zero attached hydrogens (tertiary/aromatic N) is 5. The summed E-state index contributed by atoms with van der Waals surface area (Å²) in [7, 11) is -1.12. The third-order valence-corrected chi connectivity index (χ3v) is 8.07. The minimum atomic E-state index is -4.43. The Bertz CT molecular complexity index is 1290. The first-order valence-electron chi connectivity index (χ1n) is 11.3. The number of alkyl halides is 3. The fourth-order valence-corrected chi connectivity index (χ4v) is 6.17. The monoisotopic (exact) mass is 492 g/mol. The molecule has 0 saturated carbocycles. The summed E-state index contributed by atoms with van der Waals surface area (Å²) in [5.74, 6) is 1.72. The van der Waals surface area contributed by atoms with E-state index < -0.39 is 22.5 Å². The number of halogens is 3. The van der Waals surface area contributed by atoms with Crippen molar-refractivity contribution in [1.29, 1.82) is 0 Å². The zero-order valence-corrected chi connectivity index (χ0v) is 19.1. The Labute approximate surface area is 196 Å². The van der Waals surface area contributed by atoms with Gasteiger partial charge in [-0.05, 0) is 25.0 Å². The SMILES string of the molecule is O=[S@]1CCc2nc(N3CCn4c(cc5cc(C(F)(F)F)cnc54)C3)nc(NC3CCOCC3)c21. The van der Waals surface area contributed by atoms with Gasteiger partial charge in [-0.2, -0.15) is 18.2 Å². The van der Waals surface area contributed by atoms with E-state index in [9.17, 15) is 17.4 Å². The van der Waals surface area contributed by atoms with Gasteiger partial charge in [0, 0.05) is 61.8 Å². The quantitative estimate of drug-likeness (QED) is 0.601. The molecule has 1 saturated heterocycles. The summed E-state index contributed by atoms with van der Waals surface area (Å²) in [6, 6.07) is 3.11. The minimum absolute atomic E-state index is 0.205. The molecular weight excluding hydrogens is 469 g/mol. The highest BCUT2D eigenvalue weighted by atomic mass is 32.2. The number of aromatic nitrogens is 4. The van der Waals surface area contributed by atoms with E-state index in [4.69, 9.17) is 14.7 Å². The smallest absolute Gasteiger partial charge is 0.381 e. The van der Waals surface area contributed by atoms with Crippen molar-refractivity contribution >= 4 is 33.6 Å². The zero-order chi connectivity index (χ0) is 23.4. The molecule has 0 unspecified atom stereocenters. The predicted molar refractivity (Wildman–Crippen MR) is 120 cm³/mol. The third kappa shape index (κ3) is 3.82. The predicted octanol–water partition coefficient (Wildman–Crippen LogP) is 3.12. The number of fused-ring (bicyclic) bond motifs is 4. The van der Waals surface area contributed by atoms with Crippen LogP contribution in [-0.4, -0.2) is 55.3 Å². The molecule has 1 fully saturated rings. The first-order chi connectivity index (χ1) is 16.4. The molecule has 0 aromatic carbocycles. The number of hydrogen-bond donors (Lipinski definition) is 1. The second kappa shape index (κ2) is 8.19. The molecule has 3 aliphatic heterocycles. The molecule has 6 rings (SSSR count). The molecule has 3 aromatic rings. The van der Waals surface area contributed by atoms with Gasteiger partial charge in [0.2, 0.25) is 5.95 Å². The number of aryl methyl sites for hydroxylation is 1. The van der Waals surface area contributed by atoms with E-state index in [0.717, 1.165) is 36.5 Å². The van der Waals surface area contributed by atoms with Crippen molar-refractivity contribution in [3.8, 4) is 0 Å². The van der Waals surface area contributed by atoms with E-state index in [2.05, 4.69) is 10.3 Å². The summed E-state index contributed by atoms with van der Waals surface area (Å²) >= 11 is 0. The van der Waals surface area contributed by atoms with Crippen molar-refractivity contribution < 1.29 is 22.1 Å². The summed E-state index contributed by atoms with van der Waals surface area (Å²) in [4.78, 5) is 16.3. The molecule has 180 valence electrons. The molecule has 0 radical (unpaired) electrons. The van der Waals surface area contributed by atoms with Crippen molar-refractivity contribution in [2.24, 2.45) is 0 Å². The summed E-state index contributed by atoms with van der Waals surface area (Å²) in [5.41, 5.74) is 1.47. The van der Waals surface area contributed by atoms with E-state index in [1.54, 1.807) is 6.07 Å². The van der Waals surface area contributed by atoms with Gasteiger partial charge in [-0.1, -0.05) is 0 Å². The number of hydrogen-bond acceptors (Lipinski definition) is 7. The molecule has 0 spiro atoms. The molecule has 0 aliphatic carbocycles. The van der Waals surface area contributed by atoms with Crippen LogP contribution in [0.15, 0.2) is 23.2 Å². The normalized spacial score (nSPS) is 21.0. The van der Waals surface area contributed by atoms with Crippen LogP contribution in [-0.2, 0) is 41.2 Å². The fraction of sp³-hybridized carbons (Fsp3) is 0.500. The number of pyridine rings is 1. The van der Waals surface area contributed by atoms with Gasteiger partial charge in [0.15, 0.2) is 0 Å². The summed E-state index contributed by atoms with van der Waals surface area (Å²) in [6.07, 6.45) is -1.19. The van der Waals surface area contributed by atoms with E-state index in [1.165, 1.54) is 0 Å². The summed E-state index contributed by atoms with van der Waals surface area (Å²) < 4.78 is 59.4. The molecule has 34 heavy (non-hydrogen) atoms. The average molecular weight is 493 g/mol. The van der Waals surface area contributed by atoms with E-state index in [-0.39, 0.29) is 6.04 Å². The summed E-state index contributed by atoms with van der Waals surface area (Å²) in [6.45, 7) is 2.98. The Kier molecular flexibility index (Phi) is 5.25. The molecule has 1 N–H and O–H groups in total. The van der Waals surface area contributed by atoms with Crippen molar-refractivity contribution in [3.63, 3.8) is 0 Å². The first-order valence-corrected chi connectivity index (χ1v) is 12.6. The lowest BCUT2D eigenvalue weighted by Crippen LogP contribution is -2.35. The van der Waals surface area contributed by atoms with E-state index in [0.29, 0.717) is 72.7 Å². The van der Waals surface area contributed by atoms with Crippen LogP contribution in [0, 0.1) is 0 Å². The van der Waals surface area contributed by atoms with Gasteiger partial charge in [0.25, 0.3) is 0 Å². The standard InChI is InChI=1S/C22H23F3N6O2S/c23-22(24,25)14-9-13-10-16-12-30(4-5-31(16)20(13)26-11-14)21-28-17-3-8-34(32)18(17)19(29-21)27-15-1-6-33-7-2-15/h9-11,15H,1-8,12H2,(H,27,28,29)/t34-/m0/s1. The van der Waals surface area contributed by atoms with Gasteiger partial charge in [0.1, 0.15) is 16.4 Å². The lowest BCUT2D eigenvalue weighted by atomic mass is 10.1. The maximum atomic E-state index is 13.1. The second-order valence-electron chi connectivity index (χ2n) is 8.82. The Balaban J connectivity index is 1.32. The topological polar surface area (TPSA) is 85.2 Å². The molecule has 0 amide bonds. The lowest BCUT2D eigenvalue weighted by Gasteiger charge is -2.30. The molecule has 3 aromatic heterocycles. The average Bonchev–Trinajstić information content (AvgIpc) is 3.38. The summed E-state index contributed by atoms with van der Waals surface area (Å²) in [5, 5.41) is 3.95. The van der Waals surface area contributed by atoms with Crippen LogP contribution < -0.4 is 10.2 Å². The molecule has 8 nitrogen and oxygen atoms in total. The highest BCUT2D eigenvalue weighted by Crippen LogP contribution is 2.34. The van der Waals surface area contributed by atoms with Crippen molar-refractivity contribution in [2.45, 2.75) is 49.5 Å². The maximum absolute atomic E-state index is 13.1. The van der Waals surface area contributed by atoms with Crippen LogP contribution in [0.2, 0.25) is 0 Å². The van der Waals surface area contributed by atoms with Crippen molar-refractivity contribution in [1.82, 2.24) is 19.5 Å². The van der Waals surface area contributed by atoms with Crippen LogP contribution >= 0.6 is 0 Å². The van der Waals surface area contributed by atoms with Gasteiger partial charge >= 0.3 is 6.18 Å². The van der Waals surface area contributed by atoms with Gasteiger partial charge in [0.05, 0.1) is 28.6 Å². The highest BCUT2D eigenvalue weighted by molar-refractivity contribution is 7.85. The molecule has 12 heteroatoms. The zero-order valence-electron chi connectivity index (χ0n) is 18.3. The van der Waals surface area contributed by atoms with E-state index >= 15 is 0 Å². The second-order valence-corrected chi connectivity index (χ2v) is 10.3. The minimum Gasteiger partial charge on any atom is -0.381 e. The van der Waals surface area contributed by atoms with Crippen LogP contribution in [0.3, 0.4) is 0 Å². The van der Waals surface area contributed by atoms with Crippen LogP contribution in [0.1, 0.15) is 29.8 Å².